The third-order valence-electron chi connectivity index (χ3n) is 4.57. The monoisotopic (exact) mass is 386 g/mol. The van der Waals surface area contributed by atoms with E-state index in [-0.39, 0.29) is 11.9 Å². The summed E-state index contributed by atoms with van der Waals surface area (Å²) in [5, 5.41) is 12.0. The fraction of sp³-hybridized carbons (Fsp3) is 0.130. The average Bonchev–Trinajstić information content (AvgIpc) is 2.74. The number of fused-ring (bicyclic) bond motifs is 2. The molecule has 5 heteroatoms. The molecule has 4 nitrogen and oxygen atoms in total. The van der Waals surface area contributed by atoms with Gasteiger partial charge >= 0.3 is 0 Å². The molecule has 138 valence electrons. The minimum absolute atomic E-state index is 0.0184. The Bertz CT molecular complexity index is 995. The van der Waals surface area contributed by atoms with Gasteiger partial charge < -0.3 is 10.1 Å². The summed E-state index contributed by atoms with van der Waals surface area (Å²) in [5.41, 5.74) is 3.67. The first-order chi connectivity index (χ1) is 13.7. The highest BCUT2D eigenvalue weighted by Crippen LogP contribution is 2.42. The Kier molecular flexibility index (Phi) is 5.31. The molecule has 4 rings (SSSR count). The highest BCUT2D eigenvalue weighted by molar-refractivity contribution is 7.99. The fourth-order valence-electron chi connectivity index (χ4n) is 3.21. The minimum atomic E-state index is -0.218. The summed E-state index contributed by atoms with van der Waals surface area (Å²) in [7, 11) is 0. The molecular formula is C23H18N2O2S. The van der Waals surface area contributed by atoms with Crippen molar-refractivity contribution in [3.8, 4) is 17.6 Å². The van der Waals surface area contributed by atoms with Gasteiger partial charge in [0.05, 0.1) is 23.4 Å². The Labute approximate surface area is 168 Å². The van der Waals surface area contributed by atoms with Gasteiger partial charge in [0.15, 0.2) is 0 Å². The van der Waals surface area contributed by atoms with Gasteiger partial charge in [-0.3, -0.25) is 4.79 Å². The lowest BCUT2D eigenvalue weighted by molar-refractivity contribution is -0.119. The number of nitrogens with zero attached hydrogens (tertiary/aromatic N) is 1. The van der Waals surface area contributed by atoms with E-state index in [0.717, 1.165) is 33.9 Å². The van der Waals surface area contributed by atoms with E-state index in [1.165, 1.54) is 0 Å². The number of carbonyl (C=O) groups excluding carboxylic acids is 1. The molecule has 1 N–H and O–H groups in total. The van der Waals surface area contributed by atoms with Crippen LogP contribution in [-0.4, -0.2) is 11.7 Å². The van der Waals surface area contributed by atoms with Gasteiger partial charge in [-0.2, -0.15) is 5.26 Å². The van der Waals surface area contributed by atoms with Crippen LogP contribution in [0.15, 0.2) is 72.8 Å². The molecule has 0 bridgehead atoms. The highest BCUT2D eigenvalue weighted by atomic mass is 32.2. The van der Waals surface area contributed by atoms with Gasteiger partial charge in [-0.05, 0) is 29.8 Å². The third kappa shape index (κ3) is 3.88. The summed E-state index contributed by atoms with van der Waals surface area (Å²) >= 11 is 1.55. The van der Waals surface area contributed by atoms with Crippen molar-refractivity contribution in [3.05, 3.63) is 95.1 Å². The topological polar surface area (TPSA) is 62.1 Å². The molecule has 3 aromatic rings. The van der Waals surface area contributed by atoms with Gasteiger partial charge in [-0.1, -0.05) is 48.5 Å². The maximum absolute atomic E-state index is 12.6. The van der Waals surface area contributed by atoms with Crippen LogP contribution in [0.2, 0.25) is 0 Å². The zero-order valence-electron chi connectivity index (χ0n) is 15.1. The van der Waals surface area contributed by atoms with Crippen molar-refractivity contribution in [2.24, 2.45) is 0 Å². The quantitative estimate of drug-likeness (QED) is 0.684. The van der Waals surface area contributed by atoms with Gasteiger partial charge in [0, 0.05) is 16.9 Å². The van der Waals surface area contributed by atoms with Crippen LogP contribution in [0.5, 0.6) is 11.5 Å². The molecule has 0 aliphatic carbocycles. The van der Waals surface area contributed by atoms with Crippen LogP contribution in [0.25, 0.3) is 0 Å². The number of nitrogens with one attached hydrogen (secondary N) is 1. The standard InChI is InChI=1S/C23H18N2O2S/c24-13-16-9-11-17(12-10-16)14-28-15-22(26)25-23-18-5-1-3-7-20(18)27-21-8-4-2-6-19(21)23/h1-12,23H,14-15H2,(H,25,26). The van der Waals surface area contributed by atoms with Gasteiger partial charge in [0.1, 0.15) is 11.5 Å². The average molecular weight is 386 g/mol. The van der Waals surface area contributed by atoms with Crippen LogP contribution in [0.1, 0.15) is 28.3 Å². The summed E-state index contributed by atoms with van der Waals surface area (Å²) in [6, 6.07) is 24.9. The Hall–Kier alpha value is -3.23. The second-order valence-electron chi connectivity index (χ2n) is 6.48. The number of hydrogen-bond donors (Lipinski definition) is 1. The molecule has 0 saturated heterocycles. The molecule has 0 unspecified atom stereocenters. The Morgan fingerprint density at radius 2 is 1.57 bits per heavy atom. The first-order valence-corrected chi connectivity index (χ1v) is 10.1. The highest BCUT2D eigenvalue weighted by Gasteiger charge is 2.27. The first kappa shape index (κ1) is 18.1. The number of thioether (sulfide) groups is 1. The maximum Gasteiger partial charge on any atom is 0.230 e. The molecule has 0 radical (unpaired) electrons. The Morgan fingerprint density at radius 3 is 2.18 bits per heavy atom. The lowest BCUT2D eigenvalue weighted by Gasteiger charge is -2.28. The largest absolute Gasteiger partial charge is 0.457 e. The van der Waals surface area contributed by atoms with Crippen LogP contribution >= 0.6 is 11.8 Å². The molecule has 0 aromatic heterocycles. The number of carbonyl (C=O) groups is 1. The molecular weight excluding hydrogens is 368 g/mol. The number of benzene rings is 3. The smallest absolute Gasteiger partial charge is 0.230 e. The number of ether oxygens (including phenoxy) is 1. The van der Waals surface area contributed by atoms with E-state index < -0.39 is 0 Å². The van der Waals surface area contributed by atoms with Crippen molar-refractivity contribution in [2.75, 3.05) is 5.75 Å². The van der Waals surface area contributed by atoms with E-state index in [4.69, 9.17) is 10.00 Å². The van der Waals surface area contributed by atoms with Crippen molar-refractivity contribution in [2.45, 2.75) is 11.8 Å². The first-order valence-electron chi connectivity index (χ1n) is 8.96. The number of nitriles is 1. The summed E-state index contributed by atoms with van der Waals surface area (Å²) in [4.78, 5) is 12.6. The summed E-state index contributed by atoms with van der Waals surface area (Å²) in [5.74, 6) is 2.62. The zero-order valence-corrected chi connectivity index (χ0v) is 15.9. The number of amides is 1. The number of rotatable bonds is 5. The lowest BCUT2D eigenvalue weighted by atomic mass is 9.94. The van der Waals surface area contributed by atoms with Gasteiger partial charge in [0.25, 0.3) is 0 Å². The molecule has 1 aliphatic heterocycles. The van der Waals surface area contributed by atoms with Crippen molar-refractivity contribution in [1.29, 1.82) is 5.26 Å². The molecule has 1 aliphatic rings. The van der Waals surface area contributed by atoms with E-state index in [9.17, 15) is 4.79 Å². The summed E-state index contributed by atoms with van der Waals surface area (Å²) < 4.78 is 5.97. The predicted molar refractivity (Wildman–Crippen MR) is 110 cm³/mol. The molecule has 0 atom stereocenters. The van der Waals surface area contributed by atoms with Gasteiger partial charge in [-0.15, -0.1) is 11.8 Å². The molecule has 0 spiro atoms. The van der Waals surface area contributed by atoms with Crippen molar-refractivity contribution in [1.82, 2.24) is 5.32 Å². The minimum Gasteiger partial charge on any atom is -0.457 e. The van der Waals surface area contributed by atoms with E-state index in [0.29, 0.717) is 11.3 Å². The van der Waals surface area contributed by atoms with E-state index in [1.807, 2.05) is 60.7 Å². The van der Waals surface area contributed by atoms with Crippen LogP contribution < -0.4 is 10.1 Å². The molecule has 0 fully saturated rings. The zero-order chi connectivity index (χ0) is 19.3. The fourth-order valence-corrected chi connectivity index (χ4v) is 4.00. The second kappa shape index (κ2) is 8.20. The van der Waals surface area contributed by atoms with Crippen LogP contribution in [-0.2, 0) is 10.5 Å². The van der Waals surface area contributed by atoms with E-state index in [2.05, 4.69) is 11.4 Å². The van der Waals surface area contributed by atoms with Crippen LogP contribution in [0, 0.1) is 11.3 Å². The van der Waals surface area contributed by atoms with Crippen LogP contribution in [0.4, 0.5) is 0 Å². The lowest BCUT2D eigenvalue weighted by Crippen LogP contribution is -2.32. The van der Waals surface area contributed by atoms with Crippen molar-refractivity contribution >= 4 is 17.7 Å². The van der Waals surface area contributed by atoms with Gasteiger partial charge in [0.2, 0.25) is 5.91 Å². The van der Waals surface area contributed by atoms with Crippen molar-refractivity contribution < 1.29 is 9.53 Å². The van der Waals surface area contributed by atoms with Crippen molar-refractivity contribution in [3.63, 3.8) is 0 Å². The molecule has 1 heterocycles. The Balaban J connectivity index is 1.42. The maximum atomic E-state index is 12.6. The van der Waals surface area contributed by atoms with Gasteiger partial charge in [-0.25, -0.2) is 0 Å². The molecule has 0 saturated carbocycles. The summed E-state index contributed by atoms with van der Waals surface area (Å²) in [6.45, 7) is 0. The Morgan fingerprint density at radius 1 is 0.964 bits per heavy atom. The normalized spacial score (nSPS) is 12.2. The van der Waals surface area contributed by atoms with Crippen LogP contribution in [0.3, 0.4) is 0 Å². The number of hydrogen-bond acceptors (Lipinski definition) is 4. The predicted octanol–water partition coefficient (Wildman–Crippen LogP) is 4.80. The second-order valence-corrected chi connectivity index (χ2v) is 7.47. The third-order valence-corrected chi connectivity index (χ3v) is 5.57. The molecule has 3 aromatic carbocycles. The van der Waals surface area contributed by atoms with E-state index >= 15 is 0 Å². The molecule has 28 heavy (non-hydrogen) atoms. The van der Waals surface area contributed by atoms with E-state index in [1.54, 1.807) is 23.9 Å². The molecule has 1 amide bonds. The number of para-hydroxylation sites is 2. The summed E-state index contributed by atoms with van der Waals surface area (Å²) in [6.07, 6.45) is 0. The SMILES string of the molecule is N#Cc1ccc(CSCC(=O)NC2c3ccccc3Oc3ccccc32)cc1.